The Morgan fingerprint density at radius 1 is 1.33 bits per heavy atom. The lowest BCUT2D eigenvalue weighted by Crippen LogP contribution is -2.29. The van der Waals surface area contributed by atoms with E-state index < -0.39 is 0 Å². The van der Waals surface area contributed by atoms with Crippen molar-refractivity contribution in [2.75, 3.05) is 7.05 Å². The maximum atomic E-state index is 12.2. The molecule has 1 heterocycles. The van der Waals surface area contributed by atoms with E-state index in [1.54, 1.807) is 24.9 Å². The van der Waals surface area contributed by atoms with Crippen molar-refractivity contribution in [3.63, 3.8) is 0 Å². The summed E-state index contributed by atoms with van der Waals surface area (Å²) in [6, 6.07) is 11.5. The van der Waals surface area contributed by atoms with E-state index in [4.69, 9.17) is 4.52 Å². The molecule has 0 aliphatic rings. The van der Waals surface area contributed by atoms with Crippen LogP contribution in [0.15, 0.2) is 40.9 Å². The van der Waals surface area contributed by atoms with E-state index in [1.807, 2.05) is 37.3 Å². The Hall–Kier alpha value is -2.10. The molecule has 0 radical (unpaired) electrons. The van der Waals surface area contributed by atoms with E-state index >= 15 is 0 Å². The van der Waals surface area contributed by atoms with Crippen LogP contribution >= 0.6 is 0 Å². The van der Waals surface area contributed by atoms with Crippen LogP contribution in [0.25, 0.3) is 0 Å². The van der Waals surface area contributed by atoms with Crippen LogP contribution in [-0.4, -0.2) is 23.0 Å². The summed E-state index contributed by atoms with van der Waals surface area (Å²) in [7, 11) is 1.77. The molecule has 2 rings (SSSR count). The number of rotatable bonds is 3. The number of benzene rings is 1. The fraction of sp³-hybridized carbons (Fsp3) is 0.286. The molecule has 0 aliphatic carbocycles. The molecule has 4 heteroatoms. The normalized spacial score (nSPS) is 12.2. The number of carbonyl (C=O) groups excluding carboxylic acids is 1. The summed E-state index contributed by atoms with van der Waals surface area (Å²) in [5.41, 5.74) is 1.44. The monoisotopic (exact) mass is 244 g/mol. The van der Waals surface area contributed by atoms with E-state index in [9.17, 15) is 4.79 Å². The van der Waals surface area contributed by atoms with Gasteiger partial charge in [0.1, 0.15) is 5.76 Å². The van der Waals surface area contributed by atoms with Crippen molar-refractivity contribution in [2.24, 2.45) is 0 Å². The Labute approximate surface area is 106 Å². The predicted molar refractivity (Wildman–Crippen MR) is 68.2 cm³/mol. The van der Waals surface area contributed by atoms with Gasteiger partial charge in [-0.15, -0.1) is 0 Å². The molecule has 1 atom stereocenters. The van der Waals surface area contributed by atoms with Crippen LogP contribution in [0.1, 0.15) is 34.8 Å². The first-order valence-corrected chi connectivity index (χ1v) is 5.85. The molecule has 1 aromatic carbocycles. The molecule has 0 spiro atoms. The zero-order valence-electron chi connectivity index (χ0n) is 10.8. The third kappa shape index (κ3) is 2.42. The first-order valence-electron chi connectivity index (χ1n) is 5.85. The molecule has 0 bridgehead atoms. The maximum absolute atomic E-state index is 12.2. The van der Waals surface area contributed by atoms with E-state index in [1.165, 1.54) is 0 Å². The summed E-state index contributed by atoms with van der Waals surface area (Å²) in [5, 5.41) is 3.75. The van der Waals surface area contributed by atoms with Crippen LogP contribution in [0.5, 0.6) is 0 Å². The summed E-state index contributed by atoms with van der Waals surface area (Å²) >= 11 is 0. The van der Waals surface area contributed by atoms with Crippen molar-refractivity contribution in [1.82, 2.24) is 10.1 Å². The second-order valence-electron chi connectivity index (χ2n) is 4.33. The van der Waals surface area contributed by atoms with Gasteiger partial charge in [-0.3, -0.25) is 4.79 Å². The summed E-state index contributed by atoms with van der Waals surface area (Å²) in [6.07, 6.45) is 0. The highest BCUT2D eigenvalue weighted by Gasteiger charge is 2.21. The van der Waals surface area contributed by atoms with Gasteiger partial charge in [-0.1, -0.05) is 35.5 Å². The smallest absolute Gasteiger partial charge is 0.276 e. The Morgan fingerprint density at radius 2 is 2.00 bits per heavy atom. The van der Waals surface area contributed by atoms with Crippen molar-refractivity contribution < 1.29 is 9.32 Å². The molecule has 0 fully saturated rings. The highest BCUT2D eigenvalue weighted by atomic mass is 16.5. The molecule has 94 valence electrons. The molecule has 4 nitrogen and oxygen atoms in total. The predicted octanol–water partition coefficient (Wildman–Crippen LogP) is 2.82. The molecular weight excluding hydrogens is 228 g/mol. The Balaban J connectivity index is 2.16. The Bertz CT molecular complexity index is 534. The van der Waals surface area contributed by atoms with E-state index in [2.05, 4.69) is 5.16 Å². The van der Waals surface area contributed by atoms with Gasteiger partial charge in [0.2, 0.25) is 0 Å². The minimum absolute atomic E-state index is 0.00398. The molecule has 0 saturated heterocycles. The lowest BCUT2D eigenvalue weighted by molar-refractivity contribution is 0.0732. The topological polar surface area (TPSA) is 46.3 Å². The van der Waals surface area contributed by atoms with Crippen molar-refractivity contribution in [1.29, 1.82) is 0 Å². The van der Waals surface area contributed by atoms with E-state index in [0.29, 0.717) is 11.5 Å². The summed E-state index contributed by atoms with van der Waals surface area (Å²) in [5.74, 6) is 0.502. The maximum Gasteiger partial charge on any atom is 0.276 e. The summed E-state index contributed by atoms with van der Waals surface area (Å²) < 4.78 is 4.92. The van der Waals surface area contributed by atoms with Gasteiger partial charge >= 0.3 is 0 Å². The number of carbonyl (C=O) groups is 1. The first kappa shape index (κ1) is 12.4. The second kappa shape index (κ2) is 5.04. The minimum Gasteiger partial charge on any atom is -0.361 e. The van der Waals surface area contributed by atoms with Crippen LogP contribution in [0.2, 0.25) is 0 Å². The van der Waals surface area contributed by atoms with Gasteiger partial charge in [-0.2, -0.15) is 0 Å². The standard InChI is InChI=1S/C14H16N2O2/c1-10-9-13(15-18-10)14(17)16(3)11(2)12-7-5-4-6-8-12/h4-9,11H,1-3H3. The Kier molecular flexibility index (Phi) is 3.46. The molecule has 0 aliphatic heterocycles. The zero-order chi connectivity index (χ0) is 13.1. The SMILES string of the molecule is Cc1cc(C(=O)N(C)C(C)c2ccccc2)no1. The number of nitrogens with zero attached hydrogens (tertiary/aromatic N) is 2. The highest BCUT2D eigenvalue weighted by molar-refractivity contribution is 5.92. The third-order valence-electron chi connectivity index (χ3n) is 3.03. The lowest BCUT2D eigenvalue weighted by Gasteiger charge is -2.24. The number of aromatic nitrogens is 1. The second-order valence-corrected chi connectivity index (χ2v) is 4.33. The molecule has 2 aromatic rings. The molecule has 1 unspecified atom stereocenters. The summed E-state index contributed by atoms with van der Waals surface area (Å²) in [6.45, 7) is 3.75. The number of hydrogen-bond acceptors (Lipinski definition) is 3. The highest BCUT2D eigenvalue weighted by Crippen LogP contribution is 2.20. The van der Waals surface area contributed by atoms with Crippen LogP contribution in [-0.2, 0) is 0 Å². The van der Waals surface area contributed by atoms with Gasteiger partial charge in [0.25, 0.3) is 5.91 Å². The van der Waals surface area contributed by atoms with Crippen molar-refractivity contribution in [3.8, 4) is 0 Å². The van der Waals surface area contributed by atoms with Crippen LogP contribution in [0.4, 0.5) is 0 Å². The average Bonchev–Trinajstić information content (AvgIpc) is 2.84. The fourth-order valence-corrected chi connectivity index (χ4v) is 1.78. The molecular formula is C14H16N2O2. The Morgan fingerprint density at radius 3 is 2.56 bits per heavy atom. The van der Waals surface area contributed by atoms with Crippen LogP contribution < -0.4 is 0 Å². The number of aryl methyl sites for hydroxylation is 1. The van der Waals surface area contributed by atoms with Crippen molar-refractivity contribution >= 4 is 5.91 Å². The van der Waals surface area contributed by atoms with E-state index in [0.717, 1.165) is 5.56 Å². The zero-order valence-corrected chi connectivity index (χ0v) is 10.8. The van der Waals surface area contributed by atoms with Crippen LogP contribution in [0, 0.1) is 6.92 Å². The quantitative estimate of drug-likeness (QED) is 0.834. The minimum atomic E-state index is -0.136. The van der Waals surface area contributed by atoms with Gasteiger partial charge in [0.05, 0.1) is 6.04 Å². The number of hydrogen-bond donors (Lipinski definition) is 0. The molecule has 0 N–H and O–H groups in total. The van der Waals surface area contributed by atoms with Crippen LogP contribution in [0.3, 0.4) is 0 Å². The molecule has 1 amide bonds. The third-order valence-corrected chi connectivity index (χ3v) is 3.03. The largest absolute Gasteiger partial charge is 0.361 e. The molecule has 18 heavy (non-hydrogen) atoms. The van der Waals surface area contributed by atoms with Crippen molar-refractivity contribution in [3.05, 3.63) is 53.4 Å². The first-order chi connectivity index (χ1) is 8.59. The van der Waals surface area contributed by atoms with Gasteiger partial charge in [-0.05, 0) is 19.4 Å². The van der Waals surface area contributed by atoms with Gasteiger partial charge < -0.3 is 9.42 Å². The average molecular weight is 244 g/mol. The number of amides is 1. The summed E-state index contributed by atoms with van der Waals surface area (Å²) in [4.78, 5) is 13.8. The molecule has 0 saturated carbocycles. The lowest BCUT2D eigenvalue weighted by atomic mass is 10.1. The van der Waals surface area contributed by atoms with Crippen molar-refractivity contribution in [2.45, 2.75) is 19.9 Å². The van der Waals surface area contributed by atoms with Gasteiger partial charge in [0, 0.05) is 13.1 Å². The van der Waals surface area contributed by atoms with Gasteiger partial charge in [-0.25, -0.2) is 0 Å². The van der Waals surface area contributed by atoms with E-state index in [-0.39, 0.29) is 11.9 Å². The van der Waals surface area contributed by atoms with Gasteiger partial charge in [0.15, 0.2) is 5.69 Å². The molecule has 1 aromatic heterocycles. The fourth-order valence-electron chi connectivity index (χ4n) is 1.78.